The van der Waals surface area contributed by atoms with Crippen LogP contribution in [0.25, 0.3) is 0 Å². The largest absolute Gasteiger partial charge is 0.513 e. The van der Waals surface area contributed by atoms with Crippen molar-refractivity contribution in [3.63, 3.8) is 0 Å². The number of unbranched alkanes of at least 4 members (excludes halogenated alkanes) is 1. The SMILES string of the molecule is C=C/C=C\CC(OC(N)=O)C(C)C(O)C(C)C/C(C)=C\C(C)C(O)C(C)/C=C\CCCC(C)C[C@@H](C)C(=C)O. The van der Waals surface area contributed by atoms with Crippen molar-refractivity contribution in [2.75, 3.05) is 0 Å². The molecule has 0 aliphatic heterocycles. The van der Waals surface area contributed by atoms with Crippen LogP contribution in [0, 0.1) is 35.5 Å². The molecule has 8 unspecified atom stereocenters. The second-order valence-electron chi connectivity index (χ2n) is 11.7. The third-order valence-electron chi connectivity index (χ3n) is 7.72. The Kier molecular flexibility index (Phi) is 18.5. The van der Waals surface area contributed by atoms with Crippen LogP contribution >= 0.6 is 0 Å². The number of carbonyl (C=O) groups is 1. The number of rotatable bonds is 20. The lowest BCUT2D eigenvalue weighted by Crippen LogP contribution is -2.37. The Balaban J connectivity index is 4.83. The molecule has 6 heteroatoms. The Morgan fingerprint density at radius 2 is 1.67 bits per heavy atom. The van der Waals surface area contributed by atoms with Crippen LogP contribution in [0.1, 0.15) is 87.0 Å². The number of aliphatic hydroxyl groups excluding tert-OH is 3. The number of allylic oxidation sites excluding steroid dienone is 5. The van der Waals surface area contributed by atoms with E-state index < -0.39 is 24.4 Å². The average Bonchev–Trinajstić information content (AvgIpc) is 2.85. The van der Waals surface area contributed by atoms with Crippen LogP contribution in [0.4, 0.5) is 4.79 Å². The Bertz CT molecular complexity index is 817. The molecule has 0 aromatic rings. The number of hydrogen-bond acceptors (Lipinski definition) is 5. The van der Waals surface area contributed by atoms with Gasteiger partial charge in [0.25, 0.3) is 0 Å². The van der Waals surface area contributed by atoms with Gasteiger partial charge in [0.05, 0.1) is 18.0 Å². The molecule has 0 bridgehead atoms. The standard InChI is InChI=1S/C33H57NO5/c1-10-11-13-18-30(39-33(34)38)28(8)32(37)27(7)21-23(3)20-26(6)31(36)24(4)17-15-12-14-16-22(2)19-25(5)29(9)35/h10-11,13,15,17,20,22,24-28,30-32,35-37H,1,9,12,14,16,18-19,21H2,2-8H3,(H2,34,38)/b13-11-,17-15-,23-20-/t22?,24?,25-,26?,27?,28?,30?,31?,32?/m1/s1. The summed E-state index contributed by atoms with van der Waals surface area (Å²) >= 11 is 0. The average molecular weight is 548 g/mol. The fraction of sp³-hybridized carbons (Fsp3) is 0.667. The van der Waals surface area contributed by atoms with Gasteiger partial charge in [-0.25, -0.2) is 4.79 Å². The van der Waals surface area contributed by atoms with Gasteiger partial charge in [0.1, 0.15) is 6.10 Å². The predicted molar refractivity (Wildman–Crippen MR) is 163 cm³/mol. The van der Waals surface area contributed by atoms with Gasteiger partial charge in [-0.1, -0.05) is 103 Å². The summed E-state index contributed by atoms with van der Waals surface area (Å²) in [4.78, 5) is 11.4. The highest BCUT2D eigenvalue weighted by Gasteiger charge is 2.30. The molecule has 6 nitrogen and oxygen atoms in total. The summed E-state index contributed by atoms with van der Waals surface area (Å²) in [5.74, 6) is 0.555. The maximum atomic E-state index is 11.4. The monoisotopic (exact) mass is 547 g/mol. The molecule has 0 spiro atoms. The van der Waals surface area contributed by atoms with Gasteiger partial charge in [0.15, 0.2) is 0 Å². The summed E-state index contributed by atoms with van der Waals surface area (Å²) in [5, 5.41) is 31.3. The van der Waals surface area contributed by atoms with E-state index in [1.807, 2.05) is 47.6 Å². The summed E-state index contributed by atoms with van der Waals surface area (Å²) in [7, 11) is 0. The van der Waals surface area contributed by atoms with Gasteiger partial charge in [0, 0.05) is 30.1 Å². The van der Waals surface area contributed by atoms with E-state index >= 15 is 0 Å². The quantitative estimate of drug-likeness (QED) is 0.0541. The second-order valence-corrected chi connectivity index (χ2v) is 11.7. The van der Waals surface area contributed by atoms with E-state index in [9.17, 15) is 20.1 Å². The number of carbonyl (C=O) groups excluding carboxylic acids is 1. The summed E-state index contributed by atoms with van der Waals surface area (Å²) in [6, 6.07) is 0. The van der Waals surface area contributed by atoms with Gasteiger partial charge in [-0.2, -0.15) is 0 Å². The van der Waals surface area contributed by atoms with Crippen LogP contribution in [0.5, 0.6) is 0 Å². The molecule has 39 heavy (non-hydrogen) atoms. The van der Waals surface area contributed by atoms with Crippen LogP contribution in [-0.2, 0) is 4.74 Å². The van der Waals surface area contributed by atoms with Gasteiger partial charge >= 0.3 is 6.09 Å². The van der Waals surface area contributed by atoms with E-state index in [2.05, 4.69) is 38.3 Å². The zero-order valence-corrected chi connectivity index (χ0v) is 25.6. The maximum absolute atomic E-state index is 11.4. The minimum absolute atomic E-state index is 0.0255. The van der Waals surface area contributed by atoms with Gasteiger partial charge in [-0.15, -0.1) is 0 Å². The Morgan fingerprint density at radius 1 is 1.03 bits per heavy atom. The third-order valence-corrected chi connectivity index (χ3v) is 7.72. The first-order valence-electron chi connectivity index (χ1n) is 14.5. The normalized spacial score (nSPS) is 19.6. The van der Waals surface area contributed by atoms with Crippen LogP contribution in [0.3, 0.4) is 0 Å². The highest BCUT2D eigenvalue weighted by Crippen LogP contribution is 2.27. The molecule has 0 aromatic carbocycles. The zero-order chi connectivity index (χ0) is 30.1. The number of amides is 1. The molecule has 224 valence electrons. The Labute approximate surface area is 238 Å². The van der Waals surface area contributed by atoms with Crippen molar-refractivity contribution in [3.8, 4) is 0 Å². The third kappa shape index (κ3) is 15.8. The molecule has 0 fully saturated rings. The first kappa shape index (κ1) is 36.7. The Morgan fingerprint density at radius 3 is 2.23 bits per heavy atom. The van der Waals surface area contributed by atoms with Gasteiger partial charge in [-0.05, 0) is 44.4 Å². The first-order valence-corrected chi connectivity index (χ1v) is 14.5. The first-order chi connectivity index (χ1) is 18.2. The van der Waals surface area contributed by atoms with Crippen molar-refractivity contribution >= 4 is 6.09 Å². The van der Waals surface area contributed by atoms with E-state index in [1.54, 1.807) is 12.2 Å². The smallest absolute Gasteiger partial charge is 0.404 e. The van der Waals surface area contributed by atoms with Gasteiger partial charge in [0.2, 0.25) is 0 Å². The van der Waals surface area contributed by atoms with Crippen LogP contribution in [-0.4, -0.2) is 39.7 Å². The topological polar surface area (TPSA) is 113 Å². The van der Waals surface area contributed by atoms with Crippen molar-refractivity contribution in [2.45, 2.75) is 105 Å². The van der Waals surface area contributed by atoms with Crippen molar-refractivity contribution in [2.24, 2.45) is 41.2 Å². The molecule has 0 aliphatic carbocycles. The number of ether oxygens (including phenoxy) is 1. The van der Waals surface area contributed by atoms with E-state index in [0.29, 0.717) is 18.8 Å². The van der Waals surface area contributed by atoms with E-state index in [0.717, 1.165) is 31.3 Å². The molecule has 1 amide bonds. The lowest BCUT2D eigenvalue weighted by Gasteiger charge is -2.30. The summed E-state index contributed by atoms with van der Waals surface area (Å²) < 4.78 is 5.27. The predicted octanol–water partition coefficient (Wildman–Crippen LogP) is 7.65. The summed E-state index contributed by atoms with van der Waals surface area (Å²) in [5.41, 5.74) is 6.35. The summed E-state index contributed by atoms with van der Waals surface area (Å²) in [6.07, 6.45) is 14.2. The molecule has 0 saturated carbocycles. The minimum atomic E-state index is -0.852. The molecule has 0 rings (SSSR count). The van der Waals surface area contributed by atoms with Crippen LogP contribution in [0.15, 0.2) is 60.9 Å². The van der Waals surface area contributed by atoms with E-state index in [-0.39, 0.29) is 35.3 Å². The lowest BCUT2D eigenvalue weighted by atomic mass is 9.83. The molecule has 0 aromatic heterocycles. The van der Waals surface area contributed by atoms with Crippen molar-refractivity contribution in [1.29, 1.82) is 0 Å². The zero-order valence-electron chi connectivity index (χ0n) is 25.6. The van der Waals surface area contributed by atoms with E-state index in [4.69, 9.17) is 10.5 Å². The highest BCUT2D eigenvalue weighted by atomic mass is 16.6. The minimum Gasteiger partial charge on any atom is -0.513 e. The maximum Gasteiger partial charge on any atom is 0.404 e. The number of primary amides is 1. The lowest BCUT2D eigenvalue weighted by molar-refractivity contribution is -0.0116. The van der Waals surface area contributed by atoms with Crippen molar-refractivity contribution in [3.05, 3.63) is 60.9 Å². The molecular weight excluding hydrogens is 490 g/mol. The second kappa shape index (κ2) is 19.7. The van der Waals surface area contributed by atoms with E-state index in [1.165, 1.54) is 0 Å². The Hall–Kier alpha value is -2.31. The molecule has 0 heterocycles. The van der Waals surface area contributed by atoms with Gasteiger partial charge in [-0.3, -0.25) is 0 Å². The van der Waals surface area contributed by atoms with Crippen molar-refractivity contribution < 1.29 is 24.9 Å². The van der Waals surface area contributed by atoms with Gasteiger partial charge < -0.3 is 25.8 Å². The number of nitrogens with two attached hydrogens (primary N) is 1. The fourth-order valence-corrected chi connectivity index (χ4v) is 5.16. The number of aliphatic hydroxyl groups is 3. The highest BCUT2D eigenvalue weighted by molar-refractivity contribution is 5.64. The fourth-order valence-electron chi connectivity index (χ4n) is 5.16. The summed E-state index contributed by atoms with van der Waals surface area (Å²) in [6.45, 7) is 21.4. The van der Waals surface area contributed by atoms with Crippen molar-refractivity contribution in [1.82, 2.24) is 0 Å². The molecule has 0 aliphatic rings. The number of hydrogen-bond donors (Lipinski definition) is 4. The van der Waals surface area contributed by atoms with Crippen LogP contribution < -0.4 is 5.73 Å². The molecular formula is C33H57NO5. The molecule has 5 N–H and O–H groups in total. The molecule has 9 atom stereocenters. The molecule has 0 saturated heterocycles. The molecule has 0 radical (unpaired) electrons. The van der Waals surface area contributed by atoms with Crippen LogP contribution in [0.2, 0.25) is 0 Å².